The van der Waals surface area contributed by atoms with E-state index >= 15 is 0 Å². The van der Waals surface area contributed by atoms with Crippen LogP contribution in [0.5, 0.6) is 0 Å². The highest BCUT2D eigenvalue weighted by atomic mass is 16.6. The Balaban J connectivity index is 3.73. The van der Waals surface area contributed by atoms with Gasteiger partial charge in [-0.3, -0.25) is 0 Å². The van der Waals surface area contributed by atoms with Gasteiger partial charge in [-0.15, -0.1) is 0 Å². The van der Waals surface area contributed by atoms with Crippen LogP contribution in [0.3, 0.4) is 0 Å². The van der Waals surface area contributed by atoms with E-state index in [-0.39, 0.29) is 43.2 Å². The molecule has 30 heavy (non-hydrogen) atoms. The van der Waals surface area contributed by atoms with E-state index in [1.807, 2.05) is 41.5 Å². The van der Waals surface area contributed by atoms with Crippen molar-refractivity contribution in [1.82, 2.24) is 0 Å². The van der Waals surface area contributed by atoms with Gasteiger partial charge in [-0.05, 0) is 48.0 Å². The lowest BCUT2D eigenvalue weighted by molar-refractivity contribution is -0.103. The second-order valence-corrected chi connectivity index (χ2v) is 8.29. The zero-order valence-corrected chi connectivity index (χ0v) is 20.4. The van der Waals surface area contributed by atoms with Gasteiger partial charge in [-0.1, -0.05) is 19.8 Å². The van der Waals surface area contributed by atoms with Crippen LogP contribution in [-0.2, 0) is 28.4 Å². The average Bonchev–Trinajstić information content (AvgIpc) is 2.74. The SMILES string of the molecule is CCCCCOC(C)COC(C)COC(C)COC(C)COC(C)COC(C)CO. The molecule has 0 aromatic heterocycles. The summed E-state index contributed by atoms with van der Waals surface area (Å²) in [6, 6.07) is 0. The third-order valence-electron chi connectivity index (χ3n) is 4.48. The Morgan fingerprint density at radius 2 is 0.833 bits per heavy atom. The Bertz CT molecular complexity index is 369. The maximum absolute atomic E-state index is 8.96. The third kappa shape index (κ3) is 18.5. The number of aliphatic hydroxyl groups is 1. The predicted octanol–water partition coefficient (Wildman–Crippen LogP) is 3.60. The maximum Gasteiger partial charge on any atom is 0.0781 e. The van der Waals surface area contributed by atoms with Crippen LogP contribution in [0.1, 0.15) is 67.7 Å². The van der Waals surface area contributed by atoms with E-state index in [9.17, 15) is 0 Å². The van der Waals surface area contributed by atoms with Crippen LogP contribution in [0.15, 0.2) is 0 Å². The molecule has 0 aliphatic heterocycles. The summed E-state index contributed by atoms with van der Waals surface area (Å²) < 4.78 is 34.3. The second kappa shape index (κ2) is 19.4. The Hall–Kier alpha value is -0.280. The first-order valence-electron chi connectivity index (χ1n) is 11.6. The van der Waals surface area contributed by atoms with Crippen molar-refractivity contribution in [1.29, 1.82) is 0 Å². The van der Waals surface area contributed by atoms with E-state index in [0.29, 0.717) is 33.0 Å². The van der Waals surface area contributed by atoms with Gasteiger partial charge < -0.3 is 33.5 Å². The number of ether oxygens (including phenoxy) is 6. The molecule has 0 aromatic rings. The summed E-state index contributed by atoms with van der Waals surface area (Å²) in [5.41, 5.74) is 0. The molecule has 0 heterocycles. The van der Waals surface area contributed by atoms with Crippen molar-refractivity contribution >= 4 is 0 Å². The molecule has 0 amide bonds. The molecule has 0 aliphatic rings. The molecule has 1 N–H and O–H groups in total. The molecule has 182 valence electrons. The van der Waals surface area contributed by atoms with Crippen LogP contribution in [0.2, 0.25) is 0 Å². The highest BCUT2D eigenvalue weighted by molar-refractivity contribution is 4.58. The van der Waals surface area contributed by atoms with Crippen LogP contribution < -0.4 is 0 Å². The van der Waals surface area contributed by atoms with Crippen molar-refractivity contribution in [2.24, 2.45) is 0 Å². The minimum atomic E-state index is -0.171. The number of rotatable bonds is 21. The van der Waals surface area contributed by atoms with Crippen molar-refractivity contribution in [3.8, 4) is 0 Å². The highest BCUT2D eigenvalue weighted by Crippen LogP contribution is 2.04. The first kappa shape index (κ1) is 29.7. The van der Waals surface area contributed by atoms with E-state index in [0.717, 1.165) is 13.0 Å². The summed E-state index contributed by atoms with van der Waals surface area (Å²) in [5.74, 6) is 0. The van der Waals surface area contributed by atoms with E-state index in [2.05, 4.69) is 6.92 Å². The Kier molecular flexibility index (Phi) is 19.2. The Morgan fingerprint density at radius 3 is 1.17 bits per heavy atom. The van der Waals surface area contributed by atoms with Crippen molar-refractivity contribution in [3.63, 3.8) is 0 Å². The summed E-state index contributed by atoms with van der Waals surface area (Å²) in [4.78, 5) is 0. The normalized spacial score (nSPS) is 18.0. The highest BCUT2D eigenvalue weighted by Gasteiger charge is 2.13. The molecule has 0 radical (unpaired) electrons. The molecule has 6 unspecified atom stereocenters. The quantitative estimate of drug-likeness (QED) is 0.276. The standard InChI is InChI=1S/C23H48O7/c1-8-9-10-11-25-19(3)13-27-21(5)15-29-23(7)17-30-22(6)16-28-20(4)14-26-18(2)12-24/h18-24H,8-17H2,1-7H3. The van der Waals surface area contributed by atoms with Crippen molar-refractivity contribution < 1.29 is 33.5 Å². The molecule has 0 saturated heterocycles. The van der Waals surface area contributed by atoms with Crippen LogP contribution in [0, 0.1) is 0 Å². The van der Waals surface area contributed by atoms with Crippen LogP contribution in [0.25, 0.3) is 0 Å². The minimum Gasteiger partial charge on any atom is -0.394 e. The van der Waals surface area contributed by atoms with Crippen molar-refractivity contribution in [3.05, 3.63) is 0 Å². The summed E-state index contributed by atoms with van der Waals surface area (Å²) in [5, 5.41) is 8.96. The predicted molar refractivity (Wildman–Crippen MR) is 119 cm³/mol. The fourth-order valence-electron chi connectivity index (χ4n) is 2.43. The monoisotopic (exact) mass is 436 g/mol. The number of unbranched alkanes of at least 4 members (excludes halogenated alkanes) is 2. The largest absolute Gasteiger partial charge is 0.394 e. The summed E-state index contributed by atoms with van der Waals surface area (Å²) >= 11 is 0. The third-order valence-corrected chi connectivity index (χ3v) is 4.48. The Morgan fingerprint density at radius 1 is 0.500 bits per heavy atom. The Labute approximate surface area is 184 Å². The van der Waals surface area contributed by atoms with Gasteiger partial charge in [0.05, 0.1) is 76.3 Å². The van der Waals surface area contributed by atoms with E-state index in [1.54, 1.807) is 0 Å². The number of hydrogen-bond donors (Lipinski definition) is 1. The topological polar surface area (TPSA) is 75.6 Å². The van der Waals surface area contributed by atoms with Crippen LogP contribution in [-0.4, -0.2) is 88.0 Å². The van der Waals surface area contributed by atoms with Gasteiger partial charge in [0, 0.05) is 6.61 Å². The first-order valence-corrected chi connectivity index (χ1v) is 11.6. The summed E-state index contributed by atoms with van der Waals surface area (Å²) in [6.07, 6.45) is 3.36. The molecule has 0 spiro atoms. The molecule has 7 nitrogen and oxygen atoms in total. The second-order valence-electron chi connectivity index (χ2n) is 8.29. The fraction of sp³-hybridized carbons (Fsp3) is 1.00. The first-order chi connectivity index (χ1) is 14.3. The van der Waals surface area contributed by atoms with E-state index in [1.165, 1.54) is 12.8 Å². The van der Waals surface area contributed by atoms with Crippen molar-refractivity contribution in [2.45, 2.75) is 104 Å². The van der Waals surface area contributed by atoms with Crippen LogP contribution >= 0.6 is 0 Å². The van der Waals surface area contributed by atoms with Gasteiger partial charge in [0.2, 0.25) is 0 Å². The number of aliphatic hydroxyl groups excluding tert-OH is 1. The van der Waals surface area contributed by atoms with Gasteiger partial charge in [0.1, 0.15) is 0 Å². The minimum absolute atomic E-state index is 0.0112. The molecule has 0 fully saturated rings. The van der Waals surface area contributed by atoms with Gasteiger partial charge in [0.25, 0.3) is 0 Å². The lowest BCUT2D eigenvalue weighted by atomic mass is 10.3. The molecule has 0 aromatic carbocycles. The smallest absolute Gasteiger partial charge is 0.0781 e. The van der Waals surface area contributed by atoms with Gasteiger partial charge in [-0.25, -0.2) is 0 Å². The zero-order chi connectivity index (χ0) is 22.8. The summed E-state index contributed by atoms with van der Waals surface area (Å²) in [7, 11) is 0. The average molecular weight is 437 g/mol. The molecule has 0 saturated carbocycles. The molecule has 0 aliphatic carbocycles. The van der Waals surface area contributed by atoms with Crippen molar-refractivity contribution in [2.75, 3.05) is 46.2 Å². The summed E-state index contributed by atoms with van der Waals surface area (Å²) in [6.45, 7) is 17.3. The lowest BCUT2D eigenvalue weighted by Crippen LogP contribution is -2.29. The number of hydrogen-bond acceptors (Lipinski definition) is 7. The molecular weight excluding hydrogens is 388 g/mol. The van der Waals surface area contributed by atoms with E-state index in [4.69, 9.17) is 33.5 Å². The lowest BCUT2D eigenvalue weighted by Gasteiger charge is -2.22. The molecule has 0 rings (SSSR count). The van der Waals surface area contributed by atoms with Gasteiger partial charge in [-0.2, -0.15) is 0 Å². The molecular formula is C23H48O7. The zero-order valence-electron chi connectivity index (χ0n) is 20.4. The van der Waals surface area contributed by atoms with Gasteiger partial charge in [0.15, 0.2) is 0 Å². The molecule has 0 bridgehead atoms. The van der Waals surface area contributed by atoms with E-state index < -0.39 is 0 Å². The molecule has 6 atom stereocenters. The fourth-order valence-corrected chi connectivity index (χ4v) is 2.43. The molecule has 7 heteroatoms. The maximum atomic E-state index is 8.96. The van der Waals surface area contributed by atoms with Gasteiger partial charge >= 0.3 is 0 Å². The van der Waals surface area contributed by atoms with Crippen LogP contribution in [0.4, 0.5) is 0 Å².